The summed E-state index contributed by atoms with van der Waals surface area (Å²) < 4.78 is 5.27. The molecule has 2 aliphatic rings. The second-order valence-corrected chi connectivity index (χ2v) is 4.71. The summed E-state index contributed by atoms with van der Waals surface area (Å²) in [5.41, 5.74) is 8.97. The Balaban J connectivity index is 2.12. The molecule has 1 aliphatic heterocycles. The first-order chi connectivity index (χ1) is 7.17. The van der Waals surface area contributed by atoms with Crippen molar-refractivity contribution >= 4 is 5.69 Å². The molecule has 3 rings (SSSR count). The van der Waals surface area contributed by atoms with Crippen LogP contribution in [-0.2, 0) is 5.41 Å². The molecule has 0 bridgehead atoms. The molecule has 2 atom stereocenters. The van der Waals surface area contributed by atoms with E-state index < -0.39 is 0 Å². The smallest absolute Gasteiger partial charge is 0.119 e. The van der Waals surface area contributed by atoms with E-state index in [4.69, 9.17) is 10.5 Å². The van der Waals surface area contributed by atoms with Crippen molar-refractivity contribution in [2.75, 3.05) is 25.6 Å². The molecule has 3 nitrogen and oxygen atoms in total. The fourth-order valence-electron chi connectivity index (χ4n) is 2.79. The number of nitrogens with zero attached hydrogens (tertiary/aromatic N) is 1. The number of ether oxygens (including phenoxy) is 1. The number of hydrogen-bond acceptors (Lipinski definition) is 3. The molecule has 1 fully saturated rings. The number of rotatable bonds is 1. The van der Waals surface area contributed by atoms with Crippen LogP contribution < -0.4 is 15.4 Å². The third-order valence-electron chi connectivity index (χ3n) is 3.80. The fraction of sp³-hybridized carbons (Fsp3) is 0.500. The van der Waals surface area contributed by atoms with Gasteiger partial charge in [-0.25, -0.2) is 0 Å². The second kappa shape index (κ2) is 2.67. The van der Waals surface area contributed by atoms with E-state index in [1.807, 2.05) is 6.07 Å². The van der Waals surface area contributed by atoms with Gasteiger partial charge in [0, 0.05) is 30.7 Å². The molecule has 2 unspecified atom stereocenters. The van der Waals surface area contributed by atoms with Gasteiger partial charge in [-0.3, -0.25) is 0 Å². The summed E-state index contributed by atoms with van der Waals surface area (Å²) in [6.07, 6.45) is 1.11. The molecule has 3 heteroatoms. The normalized spacial score (nSPS) is 31.9. The van der Waals surface area contributed by atoms with E-state index in [2.05, 4.69) is 24.1 Å². The molecule has 80 valence electrons. The van der Waals surface area contributed by atoms with Crippen LogP contribution >= 0.6 is 0 Å². The molecular formula is C12H16N2O. The van der Waals surface area contributed by atoms with E-state index >= 15 is 0 Å². The van der Waals surface area contributed by atoms with Crippen LogP contribution in [0.25, 0.3) is 0 Å². The van der Waals surface area contributed by atoms with E-state index in [9.17, 15) is 0 Å². The van der Waals surface area contributed by atoms with Crippen LogP contribution in [0.4, 0.5) is 5.69 Å². The molecule has 0 aromatic heterocycles. The molecule has 1 aliphatic carbocycles. The fourth-order valence-corrected chi connectivity index (χ4v) is 2.79. The van der Waals surface area contributed by atoms with Gasteiger partial charge in [0.05, 0.1) is 7.11 Å². The first-order valence-electron chi connectivity index (χ1n) is 5.32. The van der Waals surface area contributed by atoms with Crippen LogP contribution in [-0.4, -0.2) is 26.7 Å². The van der Waals surface area contributed by atoms with E-state index in [0.29, 0.717) is 6.04 Å². The Morgan fingerprint density at radius 1 is 1.53 bits per heavy atom. The van der Waals surface area contributed by atoms with Crippen LogP contribution in [0.3, 0.4) is 0 Å². The maximum Gasteiger partial charge on any atom is 0.119 e. The summed E-state index contributed by atoms with van der Waals surface area (Å²) >= 11 is 0. The largest absolute Gasteiger partial charge is 0.497 e. The van der Waals surface area contributed by atoms with Crippen LogP contribution in [0.2, 0.25) is 0 Å². The minimum Gasteiger partial charge on any atom is -0.497 e. The lowest BCUT2D eigenvalue weighted by molar-refractivity contribution is 0.414. The highest BCUT2D eigenvalue weighted by atomic mass is 16.5. The molecule has 0 saturated heterocycles. The zero-order valence-electron chi connectivity index (χ0n) is 9.16. The standard InChI is InChI=1S/C12H16N2O/c1-14-7-12(6-11(12)13)9-5-8(15-2)3-4-10(9)14/h3-5,11H,6-7,13H2,1-2H3. The minimum absolute atomic E-state index is 0.221. The lowest BCUT2D eigenvalue weighted by Crippen LogP contribution is -2.24. The third-order valence-corrected chi connectivity index (χ3v) is 3.80. The summed E-state index contributed by atoms with van der Waals surface area (Å²) in [5, 5.41) is 0. The molecule has 2 N–H and O–H groups in total. The van der Waals surface area contributed by atoms with Crippen LogP contribution in [0, 0.1) is 0 Å². The number of nitrogens with two attached hydrogens (primary N) is 1. The van der Waals surface area contributed by atoms with E-state index in [-0.39, 0.29) is 5.41 Å². The number of methoxy groups -OCH3 is 1. The predicted octanol–water partition coefficient (Wildman–Crippen LogP) is 1.11. The van der Waals surface area contributed by atoms with Crippen molar-refractivity contribution < 1.29 is 4.74 Å². The molecule has 1 heterocycles. The van der Waals surface area contributed by atoms with Crippen molar-refractivity contribution in [1.29, 1.82) is 0 Å². The van der Waals surface area contributed by atoms with Crippen molar-refractivity contribution in [3.05, 3.63) is 23.8 Å². The van der Waals surface area contributed by atoms with Crippen molar-refractivity contribution in [2.45, 2.75) is 17.9 Å². The van der Waals surface area contributed by atoms with Gasteiger partial charge in [-0.05, 0) is 30.2 Å². The Bertz CT molecular complexity index is 418. The van der Waals surface area contributed by atoms with Gasteiger partial charge in [-0.2, -0.15) is 0 Å². The van der Waals surface area contributed by atoms with Crippen LogP contribution in [0.1, 0.15) is 12.0 Å². The Hall–Kier alpha value is -1.22. The quantitative estimate of drug-likeness (QED) is 0.745. The van der Waals surface area contributed by atoms with Gasteiger partial charge in [0.1, 0.15) is 5.75 Å². The molecular weight excluding hydrogens is 188 g/mol. The van der Waals surface area contributed by atoms with Crippen molar-refractivity contribution in [2.24, 2.45) is 5.73 Å². The molecule has 1 aromatic rings. The van der Waals surface area contributed by atoms with E-state index in [0.717, 1.165) is 18.7 Å². The molecule has 15 heavy (non-hydrogen) atoms. The average molecular weight is 204 g/mol. The monoisotopic (exact) mass is 204 g/mol. The summed E-state index contributed by atoms with van der Waals surface area (Å²) in [5.74, 6) is 0.933. The van der Waals surface area contributed by atoms with Gasteiger partial charge in [-0.1, -0.05) is 0 Å². The lowest BCUT2D eigenvalue weighted by atomic mass is 9.97. The van der Waals surface area contributed by atoms with Crippen LogP contribution in [0.15, 0.2) is 18.2 Å². The lowest BCUT2D eigenvalue weighted by Gasteiger charge is -2.11. The van der Waals surface area contributed by atoms with Crippen molar-refractivity contribution in [3.63, 3.8) is 0 Å². The summed E-state index contributed by atoms with van der Waals surface area (Å²) in [6.45, 7) is 1.05. The summed E-state index contributed by atoms with van der Waals surface area (Å²) in [4.78, 5) is 2.29. The number of benzene rings is 1. The van der Waals surface area contributed by atoms with Gasteiger partial charge in [0.25, 0.3) is 0 Å². The van der Waals surface area contributed by atoms with Gasteiger partial charge in [0.2, 0.25) is 0 Å². The third kappa shape index (κ3) is 1.04. The highest BCUT2D eigenvalue weighted by Crippen LogP contribution is 2.55. The molecule has 1 spiro atoms. The first-order valence-corrected chi connectivity index (χ1v) is 5.32. The highest BCUT2D eigenvalue weighted by molar-refractivity contribution is 5.67. The van der Waals surface area contributed by atoms with Gasteiger partial charge >= 0.3 is 0 Å². The maximum atomic E-state index is 6.06. The number of likely N-dealkylation sites (N-methyl/N-ethyl adjacent to an activating group) is 1. The van der Waals surface area contributed by atoms with Gasteiger partial charge < -0.3 is 15.4 Å². The van der Waals surface area contributed by atoms with E-state index in [1.54, 1.807) is 7.11 Å². The Kier molecular flexibility index (Phi) is 1.61. The van der Waals surface area contributed by atoms with Crippen molar-refractivity contribution in [3.8, 4) is 5.75 Å². The van der Waals surface area contributed by atoms with Crippen LogP contribution in [0.5, 0.6) is 5.75 Å². The van der Waals surface area contributed by atoms with Gasteiger partial charge in [0.15, 0.2) is 0 Å². The number of hydrogen-bond donors (Lipinski definition) is 1. The SMILES string of the molecule is COc1ccc2c(c1)C1(CC1N)CN2C. The zero-order valence-corrected chi connectivity index (χ0v) is 9.16. The Labute approximate surface area is 89.8 Å². The highest BCUT2D eigenvalue weighted by Gasteiger charge is 2.58. The molecule has 1 aromatic carbocycles. The maximum absolute atomic E-state index is 6.06. The topological polar surface area (TPSA) is 38.5 Å². The Morgan fingerprint density at radius 2 is 2.27 bits per heavy atom. The molecule has 0 amide bonds. The summed E-state index contributed by atoms with van der Waals surface area (Å²) in [7, 11) is 3.84. The van der Waals surface area contributed by atoms with Crippen molar-refractivity contribution in [1.82, 2.24) is 0 Å². The van der Waals surface area contributed by atoms with Gasteiger partial charge in [-0.15, -0.1) is 0 Å². The molecule has 1 saturated carbocycles. The number of anilines is 1. The Morgan fingerprint density at radius 3 is 2.87 bits per heavy atom. The second-order valence-electron chi connectivity index (χ2n) is 4.71. The summed E-state index contributed by atoms with van der Waals surface area (Å²) in [6, 6.07) is 6.62. The van der Waals surface area contributed by atoms with E-state index in [1.165, 1.54) is 11.3 Å². The predicted molar refractivity (Wildman–Crippen MR) is 60.5 cm³/mol. The first kappa shape index (κ1) is 9.04. The molecule has 0 radical (unpaired) electrons. The number of fused-ring (bicyclic) bond motifs is 2. The average Bonchev–Trinajstić information content (AvgIpc) is 2.79. The zero-order chi connectivity index (χ0) is 10.6. The minimum atomic E-state index is 0.221.